The van der Waals surface area contributed by atoms with Gasteiger partial charge in [-0.05, 0) is 45.1 Å². The van der Waals surface area contributed by atoms with Crippen LogP contribution in [-0.4, -0.2) is 17.5 Å². The first kappa shape index (κ1) is 12.9. The highest BCUT2D eigenvalue weighted by Gasteiger charge is 2.23. The van der Waals surface area contributed by atoms with Gasteiger partial charge in [-0.15, -0.1) is 0 Å². The summed E-state index contributed by atoms with van der Waals surface area (Å²) in [4.78, 5) is 4.41. The zero-order chi connectivity index (χ0) is 13.0. The number of hydrogen-bond donors (Lipinski definition) is 2. The molecule has 0 spiro atoms. The summed E-state index contributed by atoms with van der Waals surface area (Å²) in [7, 11) is 0. The molecular weight excluding hydrogens is 222 g/mol. The molecular formula is C15H23N3. The normalized spacial score (nSPS) is 16.7. The van der Waals surface area contributed by atoms with Crippen molar-refractivity contribution in [1.29, 1.82) is 0 Å². The summed E-state index contributed by atoms with van der Waals surface area (Å²) in [5.41, 5.74) is 7.26. The predicted octanol–water partition coefficient (Wildman–Crippen LogP) is 2.46. The van der Waals surface area contributed by atoms with Crippen LogP contribution in [0.1, 0.15) is 38.7 Å². The van der Waals surface area contributed by atoms with Gasteiger partial charge in [0.1, 0.15) is 0 Å². The molecule has 3 heteroatoms. The van der Waals surface area contributed by atoms with E-state index in [1.165, 1.54) is 18.4 Å². The summed E-state index contributed by atoms with van der Waals surface area (Å²) in [6.45, 7) is 4.34. The fourth-order valence-electron chi connectivity index (χ4n) is 1.94. The fourth-order valence-corrected chi connectivity index (χ4v) is 1.94. The van der Waals surface area contributed by atoms with Crippen LogP contribution < -0.4 is 11.1 Å². The van der Waals surface area contributed by atoms with Crippen LogP contribution in [0.2, 0.25) is 0 Å². The van der Waals surface area contributed by atoms with Crippen LogP contribution in [0.5, 0.6) is 0 Å². The summed E-state index contributed by atoms with van der Waals surface area (Å²) in [6, 6.07) is 11.0. The Hall–Kier alpha value is -1.51. The summed E-state index contributed by atoms with van der Waals surface area (Å²) >= 11 is 0. The molecule has 1 aliphatic carbocycles. The van der Waals surface area contributed by atoms with Crippen molar-refractivity contribution in [3.8, 4) is 0 Å². The van der Waals surface area contributed by atoms with Gasteiger partial charge in [0.2, 0.25) is 0 Å². The van der Waals surface area contributed by atoms with E-state index in [2.05, 4.69) is 48.4 Å². The van der Waals surface area contributed by atoms with Crippen molar-refractivity contribution in [3.05, 3.63) is 35.9 Å². The number of benzene rings is 1. The average molecular weight is 245 g/mol. The summed E-state index contributed by atoms with van der Waals surface area (Å²) in [5.74, 6) is 0.593. The lowest BCUT2D eigenvalue weighted by molar-refractivity contribution is 0.423. The highest BCUT2D eigenvalue weighted by atomic mass is 15.1. The lowest BCUT2D eigenvalue weighted by Crippen LogP contribution is -2.47. The smallest absolute Gasteiger partial charge is 0.189 e. The molecule has 0 bridgehead atoms. The molecule has 1 saturated carbocycles. The van der Waals surface area contributed by atoms with Gasteiger partial charge in [0.05, 0.1) is 6.04 Å². The van der Waals surface area contributed by atoms with Gasteiger partial charge in [-0.2, -0.15) is 0 Å². The minimum absolute atomic E-state index is 0.0156. The molecule has 0 unspecified atom stereocenters. The van der Waals surface area contributed by atoms with Crippen LogP contribution in [0.4, 0.5) is 0 Å². The van der Waals surface area contributed by atoms with E-state index >= 15 is 0 Å². The molecule has 1 aliphatic rings. The zero-order valence-corrected chi connectivity index (χ0v) is 11.3. The lowest BCUT2D eigenvalue weighted by Gasteiger charge is -2.27. The first-order valence-corrected chi connectivity index (χ1v) is 6.70. The molecule has 3 N–H and O–H groups in total. The van der Waals surface area contributed by atoms with Crippen LogP contribution in [0.15, 0.2) is 35.3 Å². The molecule has 18 heavy (non-hydrogen) atoms. The number of rotatable bonds is 5. The Bertz CT molecular complexity index is 405. The van der Waals surface area contributed by atoms with Gasteiger partial charge >= 0.3 is 0 Å². The van der Waals surface area contributed by atoms with Crippen LogP contribution in [-0.2, 0) is 6.42 Å². The predicted molar refractivity (Wildman–Crippen MR) is 76.6 cm³/mol. The minimum atomic E-state index is -0.0156. The second-order valence-corrected chi connectivity index (χ2v) is 5.74. The molecule has 98 valence electrons. The molecule has 0 amide bonds. The number of guanidine groups is 1. The van der Waals surface area contributed by atoms with Crippen molar-refractivity contribution >= 4 is 5.96 Å². The molecule has 0 heterocycles. The van der Waals surface area contributed by atoms with Gasteiger partial charge in [0.15, 0.2) is 5.96 Å². The van der Waals surface area contributed by atoms with E-state index in [0.29, 0.717) is 12.0 Å². The van der Waals surface area contributed by atoms with Crippen LogP contribution in [0.3, 0.4) is 0 Å². The quantitative estimate of drug-likeness (QED) is 0.618. The number of nitrogens with two attached hydrogens (primary N) is 1. The Balaban J connectivity index is 1.83. The Labute approximate surface area is 109 Å². The Kier molecular flexibility index (Phi) is 3.90. The largest absolute Gasteiger partial charge is 0.370 e. The van der Waals surface area contributed by atoms with Crippen molar-refractivity contribution < 1.29 is 0 Å². The van der Waals surface area contributed by atoms with Gasteiger partial charge in [-0.3, -0.25) is 4.99 Å². The third kappa shape index (κ3) is 4.40. The SMILES string of the molecule is CC(C)(CCc1ccccc1)NC(N)=NC1CC1. The molecule has 0 saturated heterocycles. The van der Waals surface area contributed by atoms with Gasteiger partial charge in [-0.25, -0.2) is 0 Å². The van der Waals surface area contributed by atoms with Crippen molar-refractivity contribution in [1.82, 2.24) is 5.32 Å². The zero-order valence-electron chi connectivity index (χ0n) is 11.3. The number of hydrogen-bond acceptors (Lipinski definition) is 1. The van der Waals surface area contributed by atoms with Crippen molar-refractivity contribution in [2.45, 2.75) is 51.1 Å². The maximum Gasteiger partial charge on any atom is 0.189 e. The molecule has 0 radical (unpaired) electrons. The Morgan fingerprint density at radius 3 is 2.61 bits per heavy atom. The lowest BCUT2D eigenvalue weighted by atomic mass is 9.95. The molecule has 1 fully saturated rings. The maximum atomic E-state index is 5.91. The highest BCUT2D eigenvalue weighted by molar-refractivity contribution is 5.78. The second-order valence-electron chi connectivity index (χ2n) is 5.74. The standard InChI is InChI=1S/C15H23N3/c1-15(2,18-14(16)17-13-8-9-13)11-10-12-6-4-3-5-7-12/h3-7,13H,8-11H2,1-2H3,(H3,16,17,18). The molecule has 3 nitrogen and oxygen atoms in total. The van der Waals surface area contributed by atoms with Crippen molar-refractivity contribution in [2.75, 3.05) is 0 Å². The van der Waals surface area contributed by atoms with Crippen molar-refractivity contribution in [3.63, 3.8) is 0 Å². The van der Waals surface area contributed by atoms with E-state index in [9.17, 15) is 0 Å². The van der Waals surface area contributed by atoms with E-state index in [-0.39, 0.29) is 5.54 Å². The van der Waals surface area contributed by atoms with Gasteiger partial charge in [-0.1, -0.05) is 30.3 Å². The fraction of sp³-hybridized carbons (Fsp3) is 0.533. The molecule has 1 aromatic rings. The molecule has 0 atom stereocenters. The Morgan fingerprint density at radius 2 is 2.00 bits per heavy atom. The molecule has 1 aromatic carbocycles. The van der Waals surface area contributed by atoms with Crippen LogP contribution in [0, 0.1) is 0 Å². The first-order valence-electron chi connectivity index (χ1n) is 6.70. The third-order valence-electron chi connectivity index (χ3n) is 3.22. The van der Waals surface area contributed by atoms with Crippen molar-refractivity contribution in [2.24, 2.45) is 10.7 Å². The summed E-state index contributed by atoms with van der Waals surface area (Å²) < 4.78 is 0. The van der Waals surface area contributed by atoms with Crippen LogP contribution in [0.25, 0.3) is 0 Å². The topological polar surface area (TPSA) is 50.4 Å². The van der Waals surface area contributed by atoms with Gasteiger partial charge in [0.25, 0.3) is 0 Å². The summed E-state index contributed by atoms with van der Waals surface area (Å²) in [5, 5.41) is 3.33. The average Bonchev–Trinajstić information content (AvgIpc) is 3.11. The minimum Gasteiger partial charge on any atom is -0.370 e. The maximum absolute atomic E-state index is 5.91. The van der Waals surface area contributed by atoms with E-state index in [1.54, 1.807) is 0 Å². The number of aliphatic imine (C=N–C) groups is 1. The molecule has 0 aliphatic heterocycles. The molecule has 2 rings (SSSR count). The number of nitrogens with zero attached hydrogens (tertiary/aromatic N) is 1. The van der Waals surface area contributed by atoms with E-state index < -0.39 is 0 Å². The first-order chi connectivity index (χ1) is 8.55. The van der Waals surface area contributed by atoms with Gasteiger partial charge < -0.3 is 11.1 Å². The van der Waals surface area contributed by atoms with Gasteiger partial charge in [0, 0.05) is 5.54 Å². The number of nitrogens with one attached hydrogen (secondary N) is 1. The monoisotopic (exact) mass is 245 g/mol. The second kappa shape index (κ2) is 5.42. The number of aryl methyl sites for hydroxylation is 1. The summed E-state index contributed by atoms with van der Waals surface area (Å²) in [6.07, 6.45) is 4.47. The van der Waals surface area contributed by atoms with E-state index in [1.807, 2.05) is 6.07 Å². The third-order valence-corrected chi connectivity index (χ3v) is 3.22. The Morgan fingerprint density at radius 1 is 1.33 bits per heavy atom. The van der Waals surface area contributed by atoms with E-state index in [4.69, 9.17) is 5.73 Å². The highest BCUT2D eigenvalue weighted by Crippen LogP contribution is 2.23. The van der Waals surface area contributed by atoms with E-state index in [0.717, 1.165) is 12.8 Å². The van der Waals surface area contributed by atoms with Crippen LogP contribution >= 0.6 is 0 Å². The molecule has 0 aromatic heterocycles.